The maximum atomic E-state index is 4.51. The Hall–Kier alpha value is -3.36. The van der Waals surface area contributed by atoms with E-state index >= 15 is 0 Å². The molecular weight excluding hydrogens is 330 g/mol. The van der Waals surface area contributed by atoms with E-state index in [1.807, 2.05) is 29.7 Å². The fourth-order valence-corrected chi connectivity index (χ4v) is 3.36. The van der Waals surface area contributed by atoms with E-state index in [0.29, 0.717) is 11.7 Å². The highest BCUT2D eigenvalue weighted by Gasteiger charge is 2.33. The molecular formula is C17H17N9. The summed E-state index contributed by atoms with van der Waals surface area (Å²) in [6.07, 6.45) is 6.99. The average Bonchev–Trinajstić information content (AvgIpc) is 3.02. The van der Waals surface area contributed by atoms with Gasteiger partial charge in [0.25, 0.3) is 0 Å². The average molecular weight is 347 g/mol. The summed E-state index contributed by atoms with van der Waals surface area (Å²) in [4.78, 5) is 21.9. The van der Waals surface area contributed by atoms with Gasteiger partial charge in [0.2, 0.25) is 5.65 Å². The minimum atomic E-state index is 0.333. The van der Waals surface area contributed by atoms with Gasteiger partial charge in [-0.1, -0.05) is 0 Å². The first-order valence-electron chi connectivity index (χ1n) is 8.42. The molecule has 0 amide bonds. The summed E-state index contributed by atoms with van der Waals surface area (Å²) in [6, 6.07) is 4.25. The highest BCUT2D eigenvalue weighted by molar-refractivity contribution is 5.86. The zero-order chi connectivity index (χ0) is 17.7. The van der Waals surface area contributed by atoms with Gasteiger partial charge in [0, 0.05) is 38.7 Å². The van der Waals surface area contributed by atoms with Crippen LogP contribution in [0, 0.1) is 6.92 Å². The lowest BCUT2D eigenvalue weighted by atomic mass is 10.1. The van der Waals surface area contributed by atoms with Crippen LogP contribution in [0.5, 0.6) is 0 Å². The van der Waals surface area contributed by atoms with E-state index in [0.717, 1.165) is 41.6 Å². The third-order valence-corrected chi connectivity index (χ3v) is 4.91. The van der Waals surface area contributed by atoms with E-state index in [9.17, 15) is 0 Å². The Morgan fingerprint density at radius 3 is 2.85 bits per heavy atom. The Kier molecular flexibility index (Phi) is 3.21. The lowest BCUT2D eigenvalue weighted by molar-refractivity contribution is 0.491. The Labute approximate surface area is 149 Å². The van der Waals surface area contributed by atoms with Gasteiger partial charge in [-0.2, -0.15) is 0 Å². The SMILES string of the molecule is Cc1nnc2c(N3CC(N(C)c4ncnc5ncccc45)C3)nccn12. The molecule has 0 N–H and O–H groups in total. The van der Waals surface area contributed by atoms with E-state index in [1.54, 1.807) is 18.7 Å². The fourth-order valence-electron chi connectivity index (χ4n) is 3.36. The molecule has 0 aromatic carbocycles. The standard InChI is InChI=1S/C17H17N9/c1-11-22-23-17-16(19-6-7-26(11)17)25-8-12(9-25)24(2)15-13-4-3-5-18-14(13)20-10-21-15/h3-7,10,12H,8-9H2,1-2H3. The Morgan fingerprint density at radius 2 is 1.96 bits per heavy atom. The van der Waals surface area contributed by atoms with Crippen molar-refractivity contribution in [2.45, 2.75) is 13.0 Å². The minimum absolute atomic E-state index is 0.333. The number of hydrogen-bond acceptors (Lipinski definition) is 8. The molecule has 1 aliphatic heterocycles. The van der Waals surface area contributed by atoms with Crippen LogP contribution in [-0.4, -0.2) is 60.7 Å². The number of aryl methyl sites for hydroxylation is 1. The second-order valence-corrected chi connectivity index (χ2v) is 6.43. The summed E-state index contributed by atoms with van der Waals surface area (Å²) in [5, 5.41) is 9.36. The Morgan fingerprint density at radius 1 is 1.08 bits per heavy atom. The van der Waals surface area contributed by atoms with Crippen LogP contribution in [0.25, 0.3) is 16.7 Å². The molecule has 0 unspecified atom stereocenters. The van der Waals surface area contributed by atoms with E-state index < -0.39 is 0 Å². The van der Waals surface area contributed by atoms with Gasteiger partial charge in [0.05, 0.1) is 11.4 Å². The van der Waals surface area contributed by atoms with Gasteiger partial charge >= 0.3 is 0 Å². The zero-order valence-electron chi connectivity index (χ0n) is 14.5. The lowest BCUT2D eigenvalue weighted by Gasteiger charge is -2.45. The van der Waals surface area contributed by atoms with Crippen molar-refractivity contribution < 1.29 is 0 Å². The summed E-state index contributed by atoms with van der Waals surface area (Å²) in [5.41, 5.74) is 1.51. The summed E-state index contributed by atoms with van der Waals surface area (Å²) in [5.74, 6) is 2.63. The molecule has 0 bridgehead atoms. The van der Waals surface area contributed by atoms with E-state index in [2.05, 4.69) is 47.0 Å². The highest BCUT2D eigenvalue weighted by atomic mass is 15.4. The van der Waals surface area contributed by atoms with Crippen molar-refractivity contribution in [1.82, 2.24) is 34.5 Å². The molecule has 1 aliphatic rings. The van der Waals surface area contributed by atoms with Crippen LogP contribution in [-0.2, 0) is 0 Å². The molecule has 0 aliphatic carbocycles. The largest absolute Gasteiger partial charge is 0.352 e. The molecule has 26 heavy (non-hydrogen) atoms. The zero-order valence-corrected chi connectivity index (χ0v) is 14.5. The second-order valence-electron chi connectivity index (χ2n) is 6.43. The number of likely N-dealkylation sites (N-methyl/N-ethyl adjacent to an activating group) is 1. The number of nitrogens with zero attached hydrogens (tertiary/aromatic N) is 9. The first-order valence-corrected chi connectivity index (χ1v) is 8.42. The highest BCUT2D eigenvalue weighted by Crippen LogP contribution is 2.28. The molecule has 5 heterocycles. The Balaban J connectivity index is 1.41. The van der Waals surface area contributed by atoms with Gasteiger partial charge in [0.1, 0.15) is 18.0 Å². The summed E-state index contributed by atoms with van der Waals surface area (Å²) in [6.45, 7) is 3.63. The predicted molar refractivity (Wildman–Crippen MR) is 97.3 cm³/mol. The molecule has 4 aromatic rings. The summed E-state index contributed by atoms with van der Waals surface area (Å²) >= 11 is 0. The lowest BCUT2D eigenvalue weighted by Crippen LogP contribution is -2.59. The molecule has 9 nitrogen and oxygen atoms in total. The molecule has 0 radical (unpaired) electrons. The van der Waals surface area contributed by atoms with Crippen molar-refractivity contribution in [2.24, 2.45) is 0 Å². The molecule has 0 atom stereocenters. The van der Waals surface area contributed by atoms with Gasteiger partial charge in [-0.05, 0) is 19.1 Å². The van der Waals surface area contributed by atoms with Crippen LogP contribution in [0.4, 0.5) is 11.6 Å². The van der Waals surface area contributed by atoms with Gasteiger partial charge < -0.3 is 9.80 Å². The van der Waals surface area contributed by atoms with Crippen LogP contribution in [0.2, 0.25) is 0 Å². The van der Waals surface area contributed by atoms with Crippen LogP contribution in [0.3, 0.4) is 0 Å². The van der Waals surface area contributed by atoms with Gasteiger partial charge in [-0.15, -0.1) is 10.2 Å². The molecule has 1 fully saturated rings. The minimum Gasteiger partial charge on any atom is -0.352 e. The molecule has 0 spiro atoms. The first kappa shape index (κ1) is 14.9. The number of pyridine rings is 1. The number of rotatable bonds is 3. The monoisotopic (exact) mass is 347 g/mol. The topological polar surface area (TPSA) is 88.2 Å². The van der Waals surface area contributed by atoms with Crippen LogP contribution in [0.1, 0.15) is 5.82 Å². The molecule has 0 saturated carbocycles. The van der Waals surface area contributed by atoms with E-state index in [-0.39, 0.29) is 0 Å². The smallest absolute Gasteiger partial charge is 0.203 e. The summed E-state index contributed by atoms with van der Waals surface area (Å²) in [7, 11) is 2.06. The van der Waals surface area contributed by atoms with Crippen LogP contribution in [0.15, 0.2) is 37.1 Å². The number of fused-ring (bicyclic) bond motifs is 2. The van der Waals surface area contributed by atoms with E-state index in [4.69, 9.17) is 0 Å². The van der Waals surface area contributed by atoms with Crippen molar-refractivity contribution in [3.05, 3.63) is 42.9 Å². The third-order valence-electron chi connectivity index (χ3n) is 4.91. The fraction of sp³-hybridized carbons (Fsp3) is 0.294. The molecule has 5 rings (SSSR count). The van der Waals surface area contributed by atoms with Crippen LogP contribution >= 0.6 is 0 Å². The molecule has 1 saturated heterocycles. The van der Waals surface area contributed by atoms with Crippen molar-refractivity contribution in [2.75, 3.05) is 29.9 Å². The van der Waals surface area contributed by atoms with Crippen molar-refractivity contribution in [3.8, 4) is 0 Å². The van der Waals surface area contributed by atoms with E-state index in [1.165, 1.54) is 0 Å². The normalized spacial score (nSPS) is 14.8. The van der Waals surface area contributed by atoms with Crippen LogP contribution < -0.4 is 9.80 Å². The van der Waals surface area contributed by atoms with Crippen molar-refractivity contribution in [3.63, 3.8) is 0 Å². The van der Waals surface area contributed by atoms with Gasteiger partial charge in [-0.25, -0.2) is 19.9 Å². The Bertz CT molecular complexity index is 1090. The quantitative estimate of drug-likeness (QED) is 0.544. The molecule has 130 valence electrons. The van der Waals surface area contributed by atoms with Gasteiger partial charge in [0.15, 0.2) is 11.5 Å². The molecule has 9 heteroatoms. The van der Waals surface area contributed by atoms with Gasteiger partial charge in [-0.3, -0.25) is 4.40 Å². The third kappa shape index (κ3) is 2.17. The number of anilines is 2. The number of hydrogen-bond donors (Lipinski definition) is 0. The first-order chi connectivity index (χ1) is 12.7. The maximum Gasteiger partial charge on any atom is 0.203 e. The number of aromatic nitrogens is 7. The second kappa shape index (κ2) is 5.58. The van der Waals surface area contributed by atoms with Crippen molar-refractivity contribution >= 4 is 28.3 Å². The maximum absolute atomic E-state index is 4.51. The van der Waals surface area contributed by atoms with Crippen molar-refractivity contribution in [1.29, 1.82) is 0 Å². The summed E-state index contributed by atoms with van der Waals surface area (Å²) < 4.78 is 1.96. The molecule has 4 aromatic heterocycles. The predicted octanol–water partition coefficient (Wildman–Crippen LogP) is 1.10.